The molecule has 1 amide bonds. The van der Waals surface area contributed by atoms with Crippen LogP contribution in [0.25, 0.3) is 0 Å². The lowest BCUT2D eigenvalue weighted by Gasteiger charge is -2.40. The molecule has 2 atom stereocenters. The monoisotopic (exact) mass is 411 g/mol. The largest absolute Gasteiger partial charge is 0.339 e. The molecule has 0 aliphatic carbocycles. The van der Waals surface area contributed by atoms with Crippen LogP contribution >= 0.6 is 23.2 Å². The van der Waals surface area contributed by atoms with Crippen molar-refractivity contribution in [1.82, 2.24) is 15.5 Å². The van der Waals surface area contributed by atoms with Gasteiger partial charge in [-0.15, -0.1) is 0 Å². The summed E-state index contributed by atoms with van der Waals surface area (Å²) in [5.74, 6) is 0.882. The Labute approximate surface area is 173 Å². The Kier molecular flexibility index (Phi) is 7.83. The van der Waals surface area contributed by atoms with Gasteiger partial charge >= 0.3 is 0 Å². The minimum atomic E-state index is 0.163. The fourth-order valence-electron chi connectivity index (χ4n) is 4.53. The highest BCUT2D eigenvalue weighted by Gasteiger charge is 2.33. The zero-order valence-corrected chi connectivity index (χ0v) is 17.7. The summed E-state index contributed by atoms with van der Waals surface area (Å²) in [6, 6.07) is 6.33. The van der Waals surface area contributed by atoms with Crippen LogP contribution in [0.1, 0.15) is 50.0 Å². The maximum Gasteiger partial charge on any atom is 0.225 e. The third kappa shape index (κ3) is 5.38. The van der Waals surface area contributed by atoms with Crippen molar-refractivity contribution in [2.45, 2.75) is 50.5 Å². The molecule has 2 saturated heterocycles. The third-order valence-corrected chi connectivity index (χ3v) is 6.80. The molecule has 1 aromatic rings. The molecule has 2 aliphatic rings. The van der Waals surface area contributed by atoms with Crippen LogP contribution in [-0.2, 0) is 4.79 Å². The lowest BCUT2D eigenvalue weighted by Crippen LogP contribution is -2.50. The number of nitrogens with one attached hydrogen (secondary N) is 2. The van der Waals surface area contributed by atoms with Gasteiger partial charge in [0.25, 0.3) is 0 Å². The molecule has 0 aromatic heterocycles. The van der Waals surface area contributed by atoms with Crippen molar-refractivity contribution in [3.05, 3.63) is 33.8 Å². The smallest absolute Gasteiger partial charge is 0.225 e. The number of likely N-dealkylation sites (N-methyl/N-ethyl adjacent to an activating group) is 1. The van der Waals surface area contributed by atoms with E-state index >= 15 is 0 Å². The Morgan fingerprint density at radius 2 is 2.00 bits per heavy atom. The Bertz CT molecular complexity index is 634. The van der Waals surface area contributed by atoms with Gasteiger partial charge in [-0.3, -0.25) is 4.79 Å². The van der Waals surface area contributed by atoms with Gasteiger partial charge < -0.3 is 15.5 Å². The highest BCUT2D eigenvalue weighted by Crippen LogP contribution is 2.32. The van der Waals surface area contributed by atoms with E-state index < -0.39 is 0 Å². The first-order chi connectivity index (χ1) is 13.1. The van der Waals surface area contributed by atoms with Crippen molar-refractivity contribution in [2.75, 3.05) is 33.2 Å². The molecule has 2 aliphatic heterocycles. The summed E-state index contributed by atoms with van der Waals surface area (Å²) in [5, 5.41) is 7.86. The third-order valence-electron chi connectivity index (χ3n) is 6.06. The van der Waals surface area contributed by atoms with Gasteiger partial charge in [0.1, 0.15) is 0 Å². The first-order valence-corrected chi connectivity index (χ1v) is 11.0. The maximum atomic E-state index is 13.1. The Morgan fingerprint density at radius 1 is 1.22 bits per heavy atom. The predicted octanol–water partition coefficient (Wildman–Crippen LogP) is 4.07. The molecule has 150 valence electrons. The number of piperidine rings is 2. The average Bonchev–Trinajstić information content (AvgIpc) is 2.69. The van der Waals surface area contributed by atoms with Crippen molar-refractivity contribution in [1.29, 1.82) is 0 Å². The van der Waals surface area contributed by atoms with E-state index in [9.17, 15) is 4.79 Å². The van der Waals surface area contributed by atoms with E-state index in [2.05, 4.69) is 21.6 Å². The van der Waals surface area contributed by atoms with Crippen molar-refractivity contribution in [3.8, 4) is 0 Å². The molecule has 2 heterocycles. The summed E-state index contributed by atoms with van der Waals surface area (Å²) >= 11 is 12.3. The number of hydrogen-bond donors (Lipinski definition) is 2. The van der Waals surface area contributed by atoms with Crippen LogP contribution in [0.2, 0.25) is 10.0 Å². The van der Waals surface area contributed by atoms with Crippen LogP contribution in [0.3, 0.4) is 0 Å². The van der Waals surface area contributed by atoms with Gasteiger partial charge in [-0.25, -0.2) is 0 Å². The van der Waals surface area contributed by atoms with E-state index in [1.165, 1.54) is 5.56 Å². The molecule has 0 spiro atoms. The van der Waals surface area contributed by atoms with Gasteiger partial charge in [-0.05, 0) is 82.3 Å². The van der Waals surface area contributed by atoms with Gasteiger partial charge in [-0.2, -0.15) is 0 Å². The fraction of sp³-hybridized carbons (Fsp3) is 0.667. The average molecular weight is 412 g/mol. The molecule has 1 aromatic carbocycles. The molecular weight excluding hydrogens is 381 g/mol. The zero-order chi connectivity index (χ0) is 19.2. The summed E-state index contributed by atoms with van der Waals surface area (Å²) in [6.07, 6.45) is 6.24. The van der Waals surface area contributed by atoms with E-state index in [0.717, 1.165) is 64.7 Å². The first-order valence-electron chi connectivity index (χ1n) is 10.2. The van der Waals surface area contributed by atoms with E-state index in [-0.39, 0.29) is 5.92 Å². The predicted molar refractivity (Wildman–Crippen MR) is 113 cm³/mol. The molecule has 0 bridgehead atoms. The van der Waals surface area contributed by atoms with E-state index in [4.69, 9.17) is 23.2 Å². The quantitative estimate of drug-likeness (QED) is 0.710. The van der Waals surface area contributed by atoms with Crippen molar-refractivity contribution >= 4 is 29.1 Å². The van der Waals surface area contributed by atoms with Crippen LogP contribution < -0.4 is 10.6 Å². The number of hydrogen-bond acceptors (Lipinski definition) is 3. The summed E-state index contributed by atoms with van der Waals surface area (Å²) in [7, 11) is 1.97. The van der Waals surface area contributed by atoms with Gasteiger partial charge in [-0.1, -0.05) is 29.3 Å². The van der Waals surface area contributed by atoms with E-state index in [1.807, 2.05) is 19.2 Å². The zero-order valence-electron chi connectivity index (χ0n) is 16.1. The Balaban J connectivity index is 1.61. The summed E-state index contributed by atoms with van der Waals surface area (Å²) in [5.41, 5.74) is 1.19. The molecule has 2 fully saturated rings. The normalized spacial score (nSPS) is 22.9. The number of carbonyl (C=O) groups is 1. The van der Waals surface area contributed by atoms with Crippen LogP contribution in [0, 0.1) is 5.92 Å². The van der Waals surface area contributed by atoms with Gasteiger partial charge in [0.2, 0.25) is 5.91 Å². The van der Waals surface area contributed by atoms with Crippen molar-refractivity contribution < 1.29 is 4.79 Å². The van der Waals surface area contributed by atoms with E-state index in [0.29, 0.717) is 27.9 Å². The number of likely N-dealkylation sites (tertiary alicyclic amines) is 1. The lowest BCUT2D eigenvalue weighted by atomic mass is 9.85. The number of benzene rings is 1. The highest BCUT2D eigenvalue weighted by atomic mass is 35.5. The Hall–Kier alpha value is -0.810. The van der Waals surface area contributed by atoms with Crippen LogP contribution in [-0.4, -0.2) is 50.1 Å². The number of amides is 1. The minimum absolute atomic E-state index is 0.163. The second-order valence-corrected chi connectivity index (χ2v) is 8.67. The summed E-state index contributed by atoms with van der Waals surface area (Å²) in [4.78, 5) is 15.3. The van der Waals surface area contributed by atoms with Gasteiger partial charge in [0, 0.05) is 25.0 Å². The molecule has 6 heteroatoms. The van der Waals surface area contributed by atoms with E-state index in [1.54, 1.807) is 0 Å². The number of halogens is 2. The maximum absolute atomic E-state index is 13.1. The molecular formula is C21H31Cl2N3O. The van der Waals surface area contributed by atoms with Crippen LogP contribution in [0.5, 0.6) is 0 Å². The molecule has 0 radical (unpaired) electrons. The summed E-state index contributed by atoms with van der Waals surface area (Å²) in [6.45, 7) is 3.87. The van der Waals surface area contributed by atoms with Crippen LogP contribution in [0.4, 0.5) is 0 Å². The first kappa shape index (κ1) is 20.9. The summed E-state index contributed by atoms with van der Waals surface area (Å²) < 4.78 is 0. The van der Waals surface area contributed by atoms with Gasteiger partial charge in [0.05, 0.1) is 10.0 Å². The SMILES string of the molecule is CNCC(CC[C@H]1CCCN(C2CCNCC2)C1=O)c1ccc(Cl)c(Cl)c1. The number of carbonyl (C=O) groups excluding carboxylic acids is 1. The van der Waals surface area contributed by atoms with Crippen molar-refractivity contribution in [2.24, 2.45) is 5.92 Å². The molecule has 2 N–H and O–H groups in total. The fourth-order valence-corrected chi connectivity index (χ4v) is 4.83. The number of rotatable bonds is 7. The Morgan fingerprint density at radius 3 is 2.70 bits per heavy atom. The van der Waals surface area contributed by atoms with Crippen LogP contribution in [0.15, 0.2) is 18.2 Å². The molecule has 3 rings (SSSR count). The minimum Gasteiger partial charge on any atom is -0.339 e. The standard InChI is InChI=1S/C21H31Cl2N3O/c1-24-14-17(16-6-7-19(22)20(23)13-16)5-4-15-3-2-12-26(21(15)27)18-8-10-25-11-9-18/h6-7,13,15,17-18,24-25H,2-5,8-12,14H2,1H3/t15-,17?/m1/s1. The highest BCUT2D eigenvalue weighted by molar-refractivity contribution is 6.42. The lowest BCUT2D eigenvalue weighted by molar-refractivity contribution is -0.142. The molecule has 27 heavy (non-hydrogen) atoms. The van der Waals surface area contributed by atoms with Gasteiger partial charge in [0.15, 0.2) is 0 Å². The second-order valence-electron chi connectivity index (χ2n) is 7.86. The van der Waals surface area contributed by atoms with Crippen molar-refractivity contribution in [3.63, 3.8) is 0 Å². The molecule has 0 saturated carbocycles. The molecule has 1 unspecified atom stereocenters. The molecule has 4 nitrogen and oxygen atoms in total. The topological polar surface area (TPSA) is 44.4 Å². The second kappa shape index (κ2) is 10.1. The number of nitrogens with zero attached hydrogens (tertiary/aromatic N) is 1.